The van der Waals surface area contributed by atoms with Gasteiger partial charge in [0.05, 0.1) is 18.8 Å². The Morgan fingerprint density at radius 3 is 2.26 bits per heavy atom. The van der Waals surface area contributed by atoms with Crippen LogP contribution in [0.5, 0.6) is 0 Å². The van der Waals surface area contributed by atoms with Crippen molar-refractivity contribution in [2.75, 3.05) is 45.8 Å². The molecule has 0 saturated carbocycles. The van der Waals surface area contributed by atoms with E-state index in [1.807, 2.05) is 13.8 Å². The second-order valence-corrected chi connectivity index (χ2v) is 6.96. The molecule has 1 aromatic heterocycles. The molecule has 148 valence electrons. The molecule has 2 N–H and O–H groups in total. The predicted molar refractivity (Wildman–Crippen MR) is 105 cm³/mol. The van der Waals surface area contributed by atoms with Gasteiger partial charge in [0.1, 0.15) is 0 Å². The standard InChI is InChI=1S/C20H30N4O3/c1-5-7-21-18(27)13-24-10-8-23(9-11-24)12-17(26)20-16(6-2)19(15(4)25)14(3)22-20/h5,22H,1,6-13H2,2-4H3,(H,21,27). The van der Waals surface area contributed by atoms with Crippen LogP contribution in [-0.2, 0) is 11.2 Å². The maximum Gasteiger partial charge on any atom is 0.234 e. The average molecular weight is 374 g/mol. The Bertz CT molecular complexity index is 715. The Morgan fingerprint density at radius 1 is 1.15 bits per heavy atom. The van der Waals surface area contributed by atoms with Crippen LogP contribution in [0.25, 0.3) is 0 Å². The monoisotopic (exact) mass is 374 g/mol. The number of ketones is 2. The Balaban J connectivity index is 1.91. The number of H-pyrrole nitrogens is 1. The maximum absolute atomic E-state index is 12.8. The minimum absolute atomic E-state index is 0.00867. The van der Waals surface area contributed by atoms with Crippen molar-refractivity contribution in [2.45, 2.75) is 27.2 Å². The molecule has 1 aliphatic heterocycles. The Labute approximate surface area is 160 Å². The van der Waals surface area contributed by atoms with Gasteiger partial charge in [0, 0.05) is 44.0 Å². The molecule has 0 aliphatic carbocycles. The summed E-state index contributed by atoms with van der Waals surface area (Å²) in [6.45, 7) is 13.1. The van der Waals surface area contributed by atoms with Crippen molar-refractivity contribution in [3.05, 3.63) is 35.2 Å². The van der Waals surface area contributed by atoms with Gasteiger partial charge < -0.3 is 10.3 Å². The van der Waals surface area contributed by atoms with Gasteiger partial charge in [0.25, 0.3) is 0 Å². The number of carbonyl (C=O) groups excluding carboxylic acids is 3. The molecule has 1 amide bonds. The fourth-order valence-electron chi connectivity index (χ4n) is 3.58. The van der Waals surface area contributed by atoms with Crippen LogP contribution < -0.4 is 5.32 Å². The van der Waals surface area contributed by atoms with E-state index < -0.39 is 0 Å². The van der Waals surface area contributed by atoms with Crippen molar-refractivity contribution in [1.29, 1.82) is 0 Å². The molecule has 1 saturated heterocycles. The lowest BCUT2D eigenvalue weighted by molar-refractivity contribution is -0.122. The predicted octanol–water partition coefficient (Wildman–Crippen LogP) is 1.19. The first kappa shape index (κ1) is 21.1. The number of rotatable bonds is 9. The van der Waals surface area contributed by atoms with E-state index in [1.165, 1.54) is 6.92 Å². The number of amides is 1. The van der Waals surface area contributed by atoms with E-state index in [0.29, 0.717) is 37.3 Å². The lowest BCUT2D eigenvalue weighted by Crippen LogP contribution is -2.50. The first-order chi connectivity index (χ1) is 12.9. The molecule has 0 atom stereocenters. The lowest BCUT2D eigenvalue weighted by Gasteiger charge is -2.33. The minimum Gasteiger partial charge on any atom is -0.355 e. The zero-order valence-electron chi connectivity index (χ0n) is 16.6. The number of aryl methyl sites for hydroxylation is 1. The first-order valence-corrected chi connectivity index (χ1v) is 9.45. The summed E-state index contributed by atoms with van der Waals surface area (Å²) < 4.78 is 0. The van der Waals surface area contributed by atoms with Crippen molar-refractivity contribution in [3.63, 3.8) is 0 Å². The largest absolute Gasteiger partial charge is 0.355 e. The number of hydrogen-bond donors (Lipinski definition) is 2. The van der Waals surface area contributed by atoms with Crippen LogP contribution in [0.4, 0.5) is 0 Å². The maximum atomic E-state index is 12.8. The highest BCUT2D eigenvalue weighted by molar-refractivity contribution is 6.04. The second kappa shape index (κ2) is 9.62. The summed E-state index contributed by atoms with van der Waals surface area (Å²) in [5, 5.41) is 2.78. The van der Waals surface area contributed by atoms with Crippen LogP contribution in [0, 0.1) is 6.92 Å². The van der Waals surface area contributed by atoms with Gasteiger partial charge in [-0.25, -0.2) is 0 Å². The Hall–Kier alpha value is -2.25. The number of carbonyl (C=O) groups is 3. The van der Waals surface area contributed by atoms with Gasteiger partial charge in [-0.3, -0.25) is 24.2 Å². The van der Waals surface area contributed by atoms with Gasteiger partial charge in [-0.05, 0) is 25.8 Å². The molecule has 0 radical (unpaired) electrons. The number of hydrogen-bond acceptors (Lipinski definition) is 5. The smallest absolute Gasteiger partial charge is 0.234 e. The number of aromatic amines is 1. The van der Waals surface area contributed by atoms with E-state index in [0.717, 1.165) is 37.4 Å². The molecule has 0 aromatic carbocycles. The molecule has 0 bridgehead atoms. The highest BCUT2D eigenvalue weighted by atomic mass is 16.2. The Kier molecular flexibility index (Phi) is 7.50. The van der Waals surface area contributed by atoms with Gasteiger partial charge in [-0.15, -0.1) is 6.58 Å². The van der Waals surface area contributed by atoms with Gasteiger partial charge in [0.15, 0.2) is 11.6 Å². The minimum atomic E-state index is -0.0111. The number of piperazine rings is 1. The molecule has 2 heterocycles. The highest BCUT2D eigenvalue weighted by Crippen LogP contribution is 2.21. The van der Waals surface area contributed by atoms with Crippen molar-refractivity contribution in [1.82, 2.24) is 20.1 Å². The van der Waals surface area contributed by atoms with E-state index in [1.54, 1.807) is 6.08 Å². The number of Topliss-reactive ketones (excluding diaryl/α,β-unsaturated/α-hetero) is 2. The Morgan fingerprint density at radius 2 is 1.74 bits per heavy atom. The molecule has 1 aromatic rings. The first-order valence-electron chi connectivity index (χ1n) is 9.45. The SMILES string of the molecule is C=CCNC(=O)CN1CCN(CC(=O)c2[nH]c(C)c(C(C)=O)c2CC)CC1. The van der Waals surface area contributed by atoms with Crippen LogP contribution in [-0.4, -0.2) is 78.1 Å². The molecule has 27 heavy (non-hydrogen) atoms. The molecule has 7 heteroatoms. The van der Waals surface area contributed by atoms with Gasteiger partial charge in [-0.1, -0.05) is 13.0 Å². The number of aromatic nitrogens is 1. The van der Waals surface area contributed by atoms with Crippen molar-refractivity contribution < 1.29 is 14.4 Å². The summed E-state index contributed by atoms with van der Waals surface area (Å²) in [6.07, 6.45) is 2.31. The summed E-state index contributed by atoms with van der Waals surface area (Å²) in [7, 11) is 0. The van der Waals surface area contributed by atoms with Crippen molar-refractivity contribution in [2.24, 2.45) is 0 Å². The summed E-state index contributed by atoms with van der Waals surface area (Å²) in [6, 6.07) is 0. The average Bonchev–Trinajstić information content (AvgIpc) is 2.98. The fraction of sp³-hybridized carbons (Fsp3) is 0.550. The van der Waals surface area contributed by atoms with Crippen LogP contribution in [0.1, 0.15) is 46.0 Å². The van der Waals surface area contributed by atoms with E-state index in [-0.39, 0.29) is 17.5 Å². The molecule has 1 aliphatic rings. The third-order valence-corrected chi connectivity index (χ3v) is 4.92. The van der Waals surface area contributed by atoms with Crippen LogP contribution in [0.2, 0.25) is 0 Å². The molecular formula is C20H30N4O3. The van der Waals surface area contributed by atoms with Gasteiger partial charge >= 0.3 is 0 Å². The highest BCUT2D eigenvalue weighted by Gasteiger charge is 2.25. The molecule has 1 fully saturated rings. The van der Waals surface area contributed by atoms with Gasteiger partial charge in [0.2, 0.25) is 5.91 Å². The van der Waals surface area contributed by atoms with Gasteiger partial charge in [-0.2, -0.15) is 0 Å². The summed E-state index contributed by atoms with van der Waals surface area (Å²) >= 11 is 0. The number of nitrogens with one attached hydrogen (secondary N) is 2. The van der Waals surface area contributed by atoms with Crippen LogP contribution in [0.3, 0.4) is 0 Å². The lowest BCUT2D eigenvalue weighted by atomic mass is 10.0. The van der Waals surface area contributed by atoms with E-state index in [9.17, 15) is 14.4 Å². The fourth-order valence-corrected chi connectivity index (χ4v) is 3.58. The molecule has 0 spiro atoms. The normalized spacial score (nSPS) is 15.5. The third kappa shape index (κ3) is 5.37. The zero-order valence-corrected chi connectivity index (χ0v) is 16.6. The molecule has 0 unspecified atom stereocenters. The summed E-state index contributed by atoms with van der Waals surface area (Å²) in [4.78, 5) is 43.7. The second-order valence-electron chi connectivity index (χ2n) is 6.96. The van der Waals surface area contributed by atoms with E-state index in [2.05, 4.69) is 26.7 Å². The van der Waals surface area contributed by atoms with Crippen LogP contribution >= 0.6 is 0 Å². The van der Waals surface area contributed by atoms with E-state index >= 15 is 0 Å². The number of nitrogens with zero attached hydrogens (tertiary/aromatic N) is 2. The molecular weight excluding hydrogens is 344 g/mol. The third-order valence-electron chi connectivity index (χ3n) is 4.92. The quantitative estimate of drug-likeness (QED) is 0.501. The summed E-state index contributed by atoms with van der Waals surface area (Å²) in [5.74, 6) is -0.00624. The summed E-state index contributed by atoms with van der Waals surface area (Å²) in [5.41, 5.74) is 2.79. The van der Waals surface area contributed by atoms with Crippen LogP contribution in [0.15, 0.2) is 12.7 Å². The van der Waals surface area contributed by atoms with Crippen molar-refractivity contribution in [3.8, 4) is 0 Å². The van der Waals surface area contributed by atoms with E-state index in [4.69, 9.17) is 0 Å². The molecule has 2 rings (SSSR count). The zero-order chi connectivity index (χ0) is 20.0. The molecule has 7 nitrogen and oxygen atoms in total. The topological polar surface area (TPSA) is 85.5 Å². The van der Waals surface area contributed by atoms with Crippen molar-refractivity contribution >= 4 is 17.5 Å².